The van der Waals surface area contributed by atoms with Gasteiger partial charge in [0.25, 0.3) is 0 Å². The third-order valence-electron chi connectivity index (χ3n) is 6.30. The fourth-order valence-electron chi connectivity index (χ4n) is 4.51. The highest BCUT2D eigenvalue weighted by atomic mass is 35.5. The molecule has 2 aromatic rings. The molecule has 2 unspecified atom stereocenters. The summed E-state index contributed by atoms with van der Waals surface area (Å²) in [5.41, 5.74) is 4.72. The molecule has 4 rings (SSSR count). The predicted octanol–water partition coefficient (Wildman–Crippen LogP) is 2.82. The number of rotatable bonds is 7. The van der Waals surface area contributed by atoms with E-state index in [0.717, 1.165) is 47.6 Å². The minimum atomic E-state index is -0.239. The lowest BCUT2D eigenvalue weighted by atomic mass is 9.85. The Morgan fingerprint density at radius 1 is 1.34 bits per heavy atom. The number of hydrogen-bond acceptors (Lipinski definition) is 8. The molecule has 11 heteroatoms. The van der Waals surface area contributed by atoms with Crippen LogP contribution < -0.4 is 16.1 Å². The highest BCUT2D eigenvalue weighted by molar-refractivity contribution is 6.31. The van der Waals surface area contributed by atoms with E-state index in [1.165, 1.54) is 5.01 Å². The summed E-state index contributed by atoms with van der Waals surface area (Å²) in [6, 6.07) is 1.91. The summed E-state index contributed by atoms with van der Waals surface area (Å²) < 4.78 is 14.8. The number of pyridine rings is 1. The molecule has 176 valence electrons. The average Bonchev–Trinajstić information content (AvgIpc) is 3.16. The van der Waals surface area contributed by atoms with Crippen molar-refractivity contribution in [1.29, 1.82) is 0 Å². The molecule has 1 fully saturated rings. The minimum absolute atomic E-state index is 0.0451. The zero-order chi connectivity index (χ0) is 22.8. The van der Waals surface area contributed by atoms with Crippen molar-refractivity contribution in [2.75, 3.05) is 34.2 Å². The van der Waals surface area contributed by atoms with Crippen LogP contribution >= 0.6 is 11.6 Å². The molecule has 2 aromatic heterocycles. The van der Waals surface area contributed by atoms with Crippen molar-refractivity contribution in [2.45, 2.75) is 37.9 Å². The molecule has 3 heterocycles. The van der Waals surface area contributed by atoms with E-state index in [-0.39, 0.29) is 30.5 Å². The van der Waals surface area contributed by atoms with Crippen LogP contribution in [-0.4, -0.2) is 65.4 Å². The number of nitrogens with zero attached hydrogens (tertiary/aromatic N) is 4. The van der Waals surface area contributed by atoms with Gasteiger partial charge in [-0.1, -0.05) is 24.4 Å². The third-order valence-corrected chi connectivity index (χ3v) is 6.50. The van der Waals surface area contributed by atoms with Crippen molar-refractivity contribution >= 4 is 22.6 Å². The van der Waals surface area contributed by atoms with Crippen molar-refractivity contribution in [3.63, 3.8) is 0 Å². The van der Waals surface area contributed by atoms with Crippen LogP contribution in [0.3, 0.4) is 0 Å². The summed E-state index contributed by atoms with van der Waals surface area (Å²) in [5.74, 6) is 0.378. The van der Waals surface area contributed by atoms with Crippen molar-refractivity contribution in [3.8, 4) is 0 Å². The zero-order valence-corrected chi connectivity index (χ0v) is 19.4. The fraction of sp³-hybridized carbons (Fsp3) is 0.571. The van der Waals surface area contributed by atoms with Crippen LogP contribution in [0.2, 0.25) is 5.02 Å². The van der Waals surface area contributed by atoms with E-state index < -0.39 is 0 Å². The Bertz CT molecular complexity index is 966. The largest absolute Gasteiger partial charge is 0.758 e. The van der Waals surface area contributed by atoms with Gasteiger partial charge in [0.15, 0.2) is 5.83 Å². The van der Waals surface area contributed by atoms with Gasteiger partial charge in [0.1, 0.15) is 17.6 Å². The van der Waals surface area contributed by atoms with Gasteiger partial charge in [-0.15, -0.1) is 0 Å². The molecule has 32 heavy (non-hydrogen) atoms. The van der Waals surface area contributed by atoms with Gasteiger partial charge in [0.2, 0.25) is 0 Å². The molecule has 0 radical (unpaired) electrons. The quantitative estimate of drug-likeness (QED) is 0.463. The molecule has 0 bridgehead atoms. The van der Waals surface area contributed by atoms with Crippen LogP contribution in [0.1, 0.15) is 37.4 Å². The molecule has 2 aliphatic rings. The summed E-state index contributed by atoms with van der Waals surface area (Å²) >= 11 is 6.15. The highest BCUT2D eigenvalue weighted by Crippen LogP contribution is 2.31. The molecule has 4 N–H and O–H groups in total. The van der Waals surface area contributed by atoms with Gasteiger partial charge in [-0.05, 0) is 31.9 Å². The lowest BCUT2D eigenvalue weighted by Crippen LogP contribution is -2.53. The molecule has 0 amide bonds. The smallest absolute Gasteiger partial charge is 0.154 e. The van der Waals surface area contributed by atoms with E-state index >= 15 is 0 Å². The second kappa shape index (κ2) is 9.90. The second-order valence-corrected chi connectivity index (χ2v) is 9.25. The first-order valence-electron chi connectivity index (χ1n) is 11.0. The summed E-state index contributed by atoms with van der Waals surface area (Å²) in [7, 11) is 5.27. The average molecular weight is 466 g/mol. The van der Waals surface area contributed by atoms with E-state index in [2.05, 4.69) is 26.0 Å². The van der Waals surface area contributed by atoms with E-state index in [1.54, 1.807) is 20.3 Å². The Morgan fingerprint density at radius 2 is 2.12 bits per heavy atom. The van der Waals surface area contributed by atoms with Gasteiger partial charge in [0.05, 0.1) is 11.6 Å². The van der Waals surface area contributed by atoms with Gasteiger partial charge >= 0.3 is 0 Å². The van der Waals surface area contributed by atoms with Crippen LogP contribution in [0.4, 0.5) is 4.39 Å². The highest BCUT2D eigenvalue weighted by Gasteiger charge is 2.30. The van der Waals surface area contributed by atoms with E-state index in [1.807, 2.05) is 24.2 Å². The Hall–Kier alpha value is -1.95. The van der Waals surface area contributed by atoms with E-state index in [4.69, 9.17) is 11.6 Å². The summed E-state index contributed by atoms with van der Waals surface area (Å²) in [6.07, 6.45) is 7.33. The predicted molar refractivity (Wildman–Crippen MR) is 124 cm³/mol. The van der Waals surface area contributed by atoms with Gasteiger partial charge in [-0.2, -0.15) is 0 Å². The molecule has 0 saturated heterocycles. The molecule has 1 saturated carbocycles. The molecular weight excluding hydrogens is 435 g/mol. The maximum Gasteiger partial charge on any atom is 0.154 e. The number of fused-ring (bicyclic) bond motifs is 1. The number of halogens is 2. The lowest BCUT2D eigenvalue weighted by Gasteiger charge is -2.42. The first kappa shape index (κ1) is 23.2. The topological polar surface area (TPSA) is 97.5 Å². The summed E-state index contributed by atoms with van der Waals surface area (Å²) in [5, 5.41) is 22.3. The summed E-state index contributed by atoms with van der Waals surface area (Å²) in [6.45, 7) is 0.758. The van der Waals surface area contributed by atoms with Gasteiger partial charge in [-0.3, -0.25) is 10.2 Å². The first-order valence-corrected chi connectivity index (χ1v) is 11.3. The zero-order valence-electron chi connectivity index (χ0n) is 18.7. The fourth-order valence-corrected chi connectivity index (χ4v) is 4.67. The number of aromatic amines is 1. The maximum atomic E-state index is 14.8. The SMILES string of the molecule is CN1CC(F)=C(NC[C@@H]2CCCCC2NN([O-])N(C)C)NC1c1c[nH]c2ncc(Cl)cc12. The molecule has 1 aliphatic carbocycles. The molecule has 1 aliphatic heterocycles. The van der Waals surface area contributed by atoms with Crippen LogP contribution in [-0.2, 0) is 0 Å². The van der Waals surface area contributed by atoms with Crippen molar-refractivity contribution in [1.82, 2.24) is 41.2 Å². The second-order valence-electron chi connectivity index (χ2n) is 8.82. The third kappa shape index (κ3) is 5.00. The van der Waals surface area contributed by atoms with Crippen LogP contribution in [0, 0.1) is 11.1 Å². The molecule has 0 aromatic carbocycles. The Morgan fingerprint density at radius 3 is 2.91 bits per heavy atom. The number of H-pyrrole nitrogens is 1. The standard InChI is InChI=1S/C21H31ClFN8O/c1-29(2)31(32)28-18-7-5-4-6-13(18)9-24-20-17(23)12-30(3)21(27-20)16-11-26-19-15(16)8-14(22)10-25-19/h8,10-11,13,18,21,24,27-28H,4-7,9,12H2,1-3H3,(H,25,26)/q-1/t13-,18?,21?/m0/s1. The Kier molecular flexibility index (Phi) is 7.18. The van der Waals surface area contributed by atoms with Gasteiger partial charge in [-0.25, -0.2) is 19.8 Å². The van der Waals surface area contributed by atoms with Crippen LogP contribution in [0.5, 0.6) is 0 Å². The van der Waals surface area contributed by atoms with E-state index in [9.17, 15) is 9.60 Å². The summed E-state index contributed by atoms with van der Waals surface area (Å²) in [4.78, 5) is 9.39. The first-order chi connectivity index (χ1) is 15.3. The van der Waals surface area contributed by atoms with Gasteiger partial charge in [0, 0.05) is 50.0 Å². The molecule has 0 spiro atoms. The Balaban J connectivity index is 1.46. The van der Waals surface area contributed by atoms with Gasteiger partial charge < -0.3 is 20.8 Å². The van der Waals surface area contributed by atoms with Crippen molar-refractivity contribution in [2.24, 2.45) is 5.92 Å². The number of likely N-dealkylation sites (N-methyl/N-ethyl adjacent to an activating group) is 1. The minimum Gasteiger partial charge on any atom is -0.758 e. The lowest BCUT2D eigenvalue weighted by molar-refractivity contribution is -0.00635. The molecule has 3 atom stereocenters. The molecular formula is C21H31ClFN8O-. The maximum absolute atomic E-state index is 14.8. The number of nitrogens with one attached hydrogen (secondary N) is 4. The number of hydrazine groups is 2. The number of aromatic nitrogens is 2. The normalized spacial score (nSPS) is 25.1. The number of hydrogen-bond donors (Lipinski definition) is 4. The van der Waals surface area contributed by atoms with Crippen molar-refractivity contribution < 1.29 is 4.39 Å². The monoisotopic (exact) mass is 465 g/mol. The molecule has 9 nitrogen and oxygen atoms in total. The Labute approximate surface area is 192 Å². The van der Waals surface area contributed by atoms with Crippen molar-refractivity contribution in [3.05, 3.63) is 45.9 Å². The van der Waals surface area contributed by atoms with Crippen LogP contribution in [0.25, 0.3) is 11.0 Å². The van der Waals surface area contributed by atoms with Crippen LogP contribution in [0.15, 0.2) is 30.1 Å². The van der Waals surface area contributed by atoms with E-state index in [0.29, 0.717) is 17.4 Å².